The van der Waals surface area contributed by atoms with E-state index in [0.717, 1.165) is 11.4 Å². The summed E-state index contributed by atoms with van der Waals surface area (Å²) in [6.45, 7) is 1.14. The molecule has 2 rings (SSSR count). The van der Waals surface area contributed by atoms with Crippen molar-refractivity contribution < 1.29 is 4.79 Å². The first-order valence-corrected chi connectivity index (χ1v) is 3.70. The maximum absolute atomic E-state index is 11.0. The third kappa shape index (κ3) is 0.748. The molecular weight excluding hydrogens is 150 g/mol. The number of hydrogen-bond donors (Lipinski definition) is 1. The van der Waals surface area contributed by atoms with Crippen molar-refractivity contribution in [1.29, 1.82) is 0 Å². The van der Waals surface area contributed by atoms with Crippen LogP contribution in [-0.2, 0) is 6.54 Å². The topological polar surface area (TPSA) is 54.9 Å². The molecule has 0 atom stereocenters. The predicted molar refractivity (Wildman–Crippen MR) is 35.9 cm³/mol. The van der Waals surface area contributed by atoms with Crippen molar-refractivity contribution in [3.05, 3.63) is 10.6 Å². The summed E-state index contributed by atoms with van der Waals surface area (Å²) in [6.07, 6.45) is 0. The Kier molecular flexibility index (Phi) is 1.25. The lowest BCUT2D eigenvalue weighted by molar-refractivity contribution is 0.0978. The minimum Gasteiger partial charge on any atom is -0.305 e. The number of aromatic nitrogens is 2. The van der Waals surface area contributed by atoms with E-state index in [1.807, 2.05) is 0 Å². The number of rotatable bonds is 0. The molecule has 0 bridgehead atoms. The third-order valence-corrected chi connectivity index (χ3v) is 2.11. The fourth-order valence-electron chi connectivity index (χ4n) is 0.910. The third-order valence-electron chi connectivity index (χ3n) is 1.39. The summed E-state index contributed by atoms with van der Waals surface area (Å²) < 4.78 is 3.69. The van der Waals surface area contributed by atoms with Gasteiger partial charge in [-0.3, -0.25) is 4.79 Å². The van der Waals surface area contributed by atoms with Crippen molar-refractivity contribution >= 4 is 17.3 Å². The minimum absolute atomic E-state index is 0.0509. The summed E-state index contributed by atoms with van der Waals surface area (Å²) in [6, 6.07) is 0. The van der Waals surface area contributed by atoms with Gasteiger partial charge in [-0.25, -0.2) is 0 Å². The Labute approximate surface area is 61.4 Å². The van der Waals surface area contributed by atoms with E-state index in [1.165, 1.54) is 11.5 Å². The zero-order valence-electron chi connectivity index (χ0n) is 5.13. The summed E-state index contributed by atoms with van der Waals surface area (Å²) in [5.74, 6) is 0.0509. The molecule has 1 N–H and O–H groups in total. The Morgan fingerprint density at radius 3 is 3.20 bits per heavy atom. The molecule has 1 aliphatic rings. The molecule has 5 heteroatoms. The van der Waals surface area contributed by atoms with E-state index in [4.69, 9.17) is 0 Å². The summed E-state index contributed by atoms with van der Waals surface area (Å²) in [5.41, 5.74) is 0.559. The molecule has 0 unspecified atom stereocenters. The van der Waals surface area contributed by atoms with E-state index in [2.05, 4.69) is 14.9 Å². The van der Waals surface area contributed by atoms with Crippen molar-refractivity contribution in [3.8, 4) is 0 Å². The Morgan fingerprint density at radius 2 is 2.40 bits per heavy atom. The Morgan fingerprint density at radius 1 is 1.50 bits per heavy atom. The predicted octanol–water partition coefficient (Wildman–Crippen LogP) is -0.176. The van der Waals surface area contributed by atoms with Crippen molar-refractivity contribution in [2.75, 3.05) is 6.54 Å². The van der Waals surface area contributed by atoms with Gasteiger partial charge in [-0.1, -0.05) is 4.49 Å². The lowest BCUT2D eigenvalue weighted by Crippen LogP contribution is -2.28. The van der Waals surface area contributed by atoms with Crippen molar-refractivity contribution in [2.24, 2.45) is 0 Å². The van der Waals surface area contributed by atoms with Crippen LogP contribution >= 0.6 is 11.5 Å². The molecule has 4 nitrogen and oxygen atoms in total. The molecule has 1 aromatic rings. The molecule has 0 radical (unpaired) electrons. The fraction of sp³-hybridized carbons (Fsp3) is 0.400. The highest BCUT2D eigenvalue weighted by Crippen LogP contribution is 2.13. The zero-order valence-corrected chi connectivity index (χ0v) is 5.94. The van der Waals surface area contributed by atoms with E-state index in [-0.39, 0.29) is 5.78 Å². The van der Waals surface area contributed by atoms with Gasteiger partial charge in [0.1, 0.15) is 5.69 Å². The number of nitrogens with zero attached hydrogens (tertiary/aromatic N) is 2. The molecule has 0 aromatic carbocycles. The first-order valence-electron chi connectivity index (χ1n) is 2.93. The van der Waals surface area contributed by atoms with Gasteiger partial charge in [0.05, 0.1) is 11.4 Å². The summed E-state index contributed by atoms with van der Waals surface area (Å²) in [7, 11) is 0. The first kappa shape index (κ1) is 5.94. The minimum atomic E-state index is 0.0509. The number of nitrogens with one attached hydrogen (secondary N) is 1. The van der Waals surface area contributed by atoms with Gasteiger partial charge in [-0.05, 0) is 11.5 Å². The van der Waals surface area contributed by atoms with E-state index >= 15 is 0 Å². The average Bonchev–Trinajstić information content (AvgIpc) is 2.36. The molecule has 2 heterocycles. The summed E-state index contributed by atoms with van der Waals surface area (Å²) in [4.78, 5) is 11.9. The normalized spacial score (nSPS) is 17.0. The maximum atomic E-state index is 11.0. The van der Waals surface area contributed by atoms with E-state index in [1.54, 1.807) is 0 Å². The molecule has 0 spiro atoms. The van der Waals surface area contributed by atoms with Gasteiger partial charge in [0.15, 0.2) is 5.78 Å². The number of carbonyl (C=O) groups is 1. The van der Waals surface area contributed by atoms with Crippen molar-refractivity contribution in [1.82, 2.24) is 14.9 Å². The molecule has 1 aliphatic heterocycles. The van der Waals surface area contributed by atoms with Crippen molar-refractivity contribution in [3.63, 3.8) is 0 Å². The van der Waals surface area contributed by atoms with Crippen LogP contribution < -0.4 is 5.32 Å². The Hall–Kier alpha value is -0.810. The number of fused-ring (bicyclic) bond motifs is 1. The zero-order chi connectivity index (χ0) is 6.97. The van der Waals surface area contributed by atoms with Crippen LogP contribution in [0.2, 0.25) is 0 Å². The van der Waals surface area contributed by atoms with Crippen LogP contribution in [0.5, 0.6) is 0 Å². The monoisotopic (exact) mass is 155 g/mol. The second-order valence-electron chi connectivity index (χ2n) is 2.07. The van der Waals surface area contributed by atoms with E-state index < -0.39 is 0 Å². The number of carbonyl (C=O) groups excluding carboxylic acids is 1. The van der Waals surface area contributed by atoms with Crippen LogP contribution in [0.3, 0.4) is 0 Å². The molecule has 0 saturated carbocycles. The Balaban J connectivity index is 2.50. The highest BCUT2D eigenvalue weighted by atomic mass is 32.1. The van der Waals surface area contributed by atoms with E-state index in [0.29, 0.717) is 12.2 Å². The van der Waals surface area contributed by atoms with Crippen LogP contribution in [0, 0.1) is 0 Å². The van der Waals surface area contributed by atoms with Crippen LogP contribution in [0.15, 0.2) is 0 Å². The lowest BCUT2D eigenvalue weighted by Gasteiger charge is -2.07. The molecular formula is C5H5N3OS. The number of hydrogen-bond acceptors (Lipinski definition) is 5. The highest BCUT2D eigenvalue weighted by molar-refractivity contribution is 7.05. The van der Waals surface area contributed by atoms with Gasteiger partial charge in [-0.2, -0.15) is 0 Å². The first-order chi connectivity index (χ1) is 4.88. The molecule has 0 saturated heterocycles. The lowest BCUT2D eigenvalue weighted by atomic mass is 10.2. The van der Waals surface area contributed by atoms with Gasteiger partial charge < -0.3 is 5.32 Å². The van der Waals surface area contributed by atoms with Crippen molar-refractivity contribution in [2.45, 2.75) is 6.54 Å². The molecule has 0 aliphatic carbocycles. The largest absolute Gasteiger partial charge is 0.305 e. The van der Waals surface area contributed by atoms with Gasteiger partial charge >= 0.3 is 0 Å². The quantitative estimate of drug-likeness (QED) is 0.565. The Bertz CT molecular complexity index is 270. The molecule has 0 fully saturated rings. The molecule has 52 valence electrons. The number of Topliss-reactive ketones (excluding diaryl/α,β-unsaturated/α-hetero) is 1. The standard InChI is InChI=1S/C5H5N3OS/c9-3-1-6-2-4-5(3)7-8-10-4/h6H,1-2H2. The highest BCUT2D eigenvalue weighted by Gasteiger charge is 2.19. The fourth-order valence-corrected chi connectivity index (χ4v) is 1.54. The number of ketones is 1. The second kappa shape index (κ2) is 2.10. The van der Waals surface area contributed by atoms with Gasteiger partial charge in [0.2, 0.25) is 0 Å². The van der Waals surface area contributed by atoms with Crippen LogP contribution in [-0.4, -0.2) is 21.9 Å². The average molecular weight is 155 g/mol. The molecule has 10 heavy (non-hydrogen) atoms. The van der Waals surface area contributed by atoms with Gasteiger partial charge in [0, 0.05) is 6.54 Å². The van der Waals surface area contributed by atoms with Crippen LogP contribution in [0.4, 0.5) is 0 Å². The van der Waals surface area contributed by atoms with Crippen LogP contribution in [0.1, 0.15) is 15.4 Å². The molecule has 1 aromatic heterocycles. The van der Waals surface area contributed by atoms with Gasteiger partial charge in [0.25, 0.3) is 0 Å². The van der Waals surface area contributed by atoms with Crippen LogP contribution in [0.25, 0.3) is 0 Å². The summed E-state index contributed by atoms with van der Waals surface area (Å²) >= 11 is 1.28. The maximum Gasteiger partial charge on any atom is 0.198 e. The summed E-state index contributed by atoms with van der Waals surface area (Å²) in [5, 5.41) is 6.67. The molecule has 0 amide bonds. The second-order valence-corrected chi connectivity index (χ2v) is 2.91. The van der Waals surface area contributed by atoms with E-state index in [9.17, 15) is 4.79 Å². The van der Waals surface area contributed by atoms with Gasteiger partial charge in [-0.15, -0.1) is 5.10 Å². The smallest absolute Gasteiger partial charge is 0.198 e. The SMILES string of the molecule is O=C1CNCc2snnc21.